The van der Waals surface area contributed by atoms with Crippen molar-refractivity contribution in [2.75, 3.05) is 11.9 Å². The number of nitrogens with zero attached hydrogens (tertiary/aromatic N) is 1. The lowest BCUT2D eigenvalue weighted by Gasteiger charge is -2.07. The number of aromatic nitrogens is 2. The van der Waals surface area contributed by atoms with Gasteiger partial charge in [-0.3, -0.25) is 4.79 Å². The second-order valence-corrected chi connectivity index (χ2v) is 4.87. The van der Waals surface area contributed by atoms with E-state index in [9.17, 15) is 9.59 Å². The Kier molecular flexibility index (Phi) is 4.42. The summed E-state index contributed by atoms with van der Waals surface area (Å²) in [4.78, 5) is 30.2. The summed E-state index contributed by atoms with van der Waals surface area (Å²) in [6, 6.07) is 11.8. The Balaban J connectivity index is 1.81. The molecule has 0 aliphatic heterocycles. The van der Waals surface area contributed by atoms with E-state index in [1.165, 1.54) is 12.3 Å². The number of rotatable bonds is 5. The topological polar surface area (TPSA) is 97.2 Å². The average Bonchev–Trinajstić information content (AvgIpc) is 3.11. The molecule has 1 aromatic carbocycles. The van der Waals surface area contributed by atoms with Gasteiger partial charge in [-0.2, -0.15) is 4.98 Å². The van der Waals surface area contributed by atoms with Crippen molar-refractivity contribution in [1.82, 2.24) is 9.97 Å². The quantitative estimate of drug-likeness (QED) is 0.751. The van der Waals surface area contributed by atoms with E-state index < -0.39 is 11.6 Å². The molecular weight excluding hydrogens is 310 g/mol. The molecule has 0 aliphatic rings. The Labute approximate surface area is 137 Å². The van der Waals surface area contributed by atoms with Gasteiger partial charge < -0.3 is 19.5 Å². The van der Waals surface area contributed by atoms with Crippen molar-refractivity contribution in [2.24, 2.45) is 0 Å². The molecule has 0 atom stereocenters. The van der Waals surface area contributed by atoms with E-state index in [2.05, 4.69) is 15.3 Å². The zero-order chi connectivity index (χ0) is 16.9. The van der Waals surface area contributed by atoms with Crippen molar-refractivity contribution < 1.29 is 13.9 Å². The lowest BCUT2D eigenvalue weighted by molar-refractivity contribution is 0.102. The molecule has 24 heavy (non-hydrogen) atoms. The van der Waals surface area contributed by atoms with Crippen molar-refractivity contribution in [2.45, 2.75) is 6.92 Å². The molecule has 122 valence electrons. The minimum absolute atomic E-state index is 0.000894. The van der Waals surface area contributed by atoms with Crippen LogP contribution in [0, 0.1) is 0 Å². The van der Waals surface area contributed by atoms with E-state index in [-0.39, 0.29) is 5.69 Å². The third kappa shape index (κ3) is 3.52. The van der Waals surface area contributed by atoms with Crippen LogP contribution in [-0.2, 0) is 0 Å². The minimum Gasteiger partial charge on any atom is -0.494 e. The Bertz CT molecular complexity index is 883. The Hall–Kier alpha value is -3.35. The molecule has 0 bridgehead atoms. The third-order valence-electron chi connectivity index (χ3n) is 3.19. The highest BCUT2D eigenvalue weighted by molar-refractivity contribution is 6.03. The van der Waals surface area contributed by atoms with Crippen molar-refractivity contribution in [3.8, 4) is 17.2 Å². The molecule has 2 heterocycles. The molecule has 0 saturated heterocycles. The van der Waals surface area contributed by atoms with Crippen molar-refractivity contribution in [3.05, 3.63) is 64.9 Å². The van der Waals surface area contributed by atoms with Gasteiger partial charge in [0.15, 0.2) is 0 Å². The maximum Gasteiger partial charge on any atom is 0.346 e. The molecule has 1 amide bonds. The fourth-order valence-electron chi connectivity index (χ4n) is 2.13. The molecule has 0 radical (unpaired) electrons. The molecule has 7 heteroatoms. The first-order chi connectivity index (χ1) is 11.7. The summed E-state index contributed by atoms with van der Waals surface area (Å²) in [7, 11) is 0. The zero-order valence-electron chi connectivity index (χ0n) is 12.9. The molecule has 3 rings (SSSR count). The van der Waals surface area contributed by atoms with Crippen LogP contribution in [0.15, 0.2) is 57.9 Å². The summed E-state index contributed by atoms with van der Waals surface area (Å²) >= 11 is 0. The lowest BCUT2D eigenvalue weighted by atomic mass is 10.2. The van der Waals surface area contributed by atoms with Crippen LogP contribution in [0.5, 0.6) is 5.75 Å². The lowest BCUT2D eigenvalue weighted by Crippen LogP contribution is -2.21. The predicted molar refractivity (Wildman–Crippen MR) is 88.1 cm³/mol. The van der Waals surface area contributed by atoms with Crippen LogP contribution in [0.4, 0.5) is 5.69 Å². The van der Waals surface area contributed by atoms with E-state index in [0.29, 0.717) is 29.5 Å². The highest BCUT2D eigenvalue weighted by Gasteiger charge is 2.12. The van der Waals surface area contributed by atoms with Gasteiger partial charge in [-0.25, -0.2) is 4.79 Å². The van der Waals surface area contributed by atoms with Crippen LogP contribution < -0.4 is 15.7 Å². The normalized spacial score (nSPS) is 10.4. The van der Waals surface area contributed by atoms with Crippen LogP contribution in [0.2, 0.25) is 0 Å². The summed E-state index contributed by atoms with van der Waals surface area (Å²) < 4.78 is 10.6. The van der Waals surface area contributed by atoms with Crippen molar-refractivity contribution in [3.63, 3.8) is 0 Å². The zero-order valence-corrected chi connectivity index (χ0v) is 12.9. The summed E-state index contributed by atoms with van der Waals surface area (Å²) in [5.74, 6) is 0.674. The molecule has 0 aliphatic carbocycles. The standard InChI is InChI=1S/C17H15N3O4/c1-2-23-12-7-5-11(6-8-12)18-16(21)14-10-13(19-17(22)20-14)15-4-3-9-24-15/h3-10H,2H2,1H3,(H,18,21)(H,19,20,22). The van der Waals surface area contributed by atoms with E-state index in [1.807, 2.05) is 6.92 Å². The summed E-state index contributed by atoms with van der Waals surface area (Å²) in [5, 5.41) is 2.69. The first kappa shape index (κ1) is 15.5. The van der Waals surface area contributed by atoms with Gasteiger partial charge in [0.05, 0.1) is 18.6 Å². The fraction of sp³-hybridized carbons (Fsp3) is 0.118. The first-order valence-electron chi connectivity index (χ1n) is 7.35. The summed E-state index contributed by atoms with van der Waals surface area (Å²) in [6.07, 6.45) is 1.48. The van der Waals surface area contributed by atoms with Crippen LogP contribution >= 0.6 is 0 Å². The van der Waals surface area contributed by atoms with Crippen LogP contribution in [-0.4, -0.2) is 22.5 Å². The van der Waals surface area contributed by atoms with E-state index in [4.69, 9.17) is 9.15 Å². The smallest absolute Gasteiger partial charge is 0.346 e. The van der Waals surface area contributed by atoms with Crippen molar-refractivity contribution in [1.29, 1.82) is 0 Å². The highest BCUT2D eigenvalue weighted by atomic mass is 16.5. The van der Waals surface area contributed by atoms with Crippen molar-refractivity contribution >= 4 is 11.6 Å². The monoisotopic (exact) mass is 325 g/mol. The molecule has 7 nitrogen and oxygen atoms in total. The average molecular weight is 325 g/mol. The number of amides is 1. The first-order valence-corrected chi connectivity index (χ1v) is 7.35. The minimum atomic E-state index is -0.624. The van der Waals surface area contributed by atoms with Gasteiger partial charge in [0, 0.05) is 5.69 Å². The molecule has 3 aromatic rings. The summed E-state index contributed by atoms with van der Waals surface area (Å²) in [5.41, 5.74) is 0.335. The maximum atomic E-state index is 12.3. The molecule has 0 saturated carbocycles. The van der Waals surface area contributed by atoms with E-state index >= 15 is 0 Å². The maximum absolute atomic E-state index is 12.3. The van der Waals surface area contributed by atoms with E-state index in [0.717, 1.165) is 0 Å². The second-order valence-electron chi connectivity index (χ2n) is 4.87. The number of nitrogens with one attached hydrogen (secondary N) is 2. The van der Waals surface area contributed by atoms with Crippen LogP contribution in [0.1, 0.15) is 17.4 Å². The molecule has 0 fully saturated rings. The fourth-order valence-corrected chi connectivity index (χ4v) is 2.13. The molecule has 0 spiro atoms. The number of ether oxygens (including phenoxy) is 1. The third-order valence-corrected chi connectivity index (χ3v) is 3.19. The largest absolute Gasteiger partial charge is 0.494 e. The number of aromatic amines is 1. The van der Waals surface area contributed by atoms with Gasteiger partial charge >= 0.3 is 5.69 Å². The Morgan fingerprint density at radius 2 is 2.08 bits per heavy atom. The number of benzene rings is 1. The highest BCUT2D eigenvalue weighted by Crippen LogP contribution is 2.18. The summed E-state index contributed by atoms with van der Waals surface area (Å²) in [6.45, 7) is 2.46. The molecule has 0 unspecified atom stereocenters. The van der Waals surface area contributed by atoms with Gasteiger partial charge in [0.25, 0.3) is 5.91 Å². The van der Waals surface area contributed by atoms with Gasteiger partial charge in [0.2, 0.25) is 0 Å². The SMILES string of the molecule is CCOc1ccc(NC(=O)c2cc(-c3ccco3)[nH]c(=O)n2)cc1. The number of carbonyl (C=O) groups is 1. The predicted octanol–water partition coefficient (Wildman–Crippen LogP) is 2.68. The number of anilines is 1. The number of hydrogen-bond acceptors (Lipinski definition) is 5. The number of hydrogen-bond donors (Lipinski definition) is 2. The van der Waals surface area contributed by atoms with Crippen LogP contribution in [0.25, 0.3) is 11.5 Å². The second kappa shape index (κ2) is 6.82. The number of carbonyl (C=O) groups excluding carboxylic acids is 1. The van der Waals surface area contributed by atoms with Gasteiger partial charge in [-0.05, 0) is 49.4 Å². The van der Waals surface area contributed by atoms with E-state index in [1.54, 1.807) is 36.4 Å². The molecular formula is C17H15N3O4. The Morgan fingerprint density at radius 1 is 1.29 bits per heavy atom. The number of furan rings is 1. The van der Waals surface area contributed by atoms with Gasteiger partial charge in [-0.15, -0.1) is 0 Å². The van der Waals surface area contributed by atoms with Crippen LogP contribution in [0.3, 0.4) is 0 Å². The molecule has 2 aromatic heterocycles. The number of H-pyrrole nitrogens is 1. The van der Waals surface area contributed by atoms with Gasteiger partial charge in [0.1, 0.15) is 17.2 Å². The Morgan fingerprint density at radius 3 is 2.75 bits per heavy atom. The molecule has 2 N–H and O–H groups in total. The van der Waals surface area contributed by atoms with Gasteiger partial charge in [-0.1, -0.05) is 0 Å².